The Labute approximate surface area is 508 Å². The van der Waals surface area contributed by atoms with Crippen LogP contribution >= 0.6 is 0 Å². The Morgan fingerprint density at radius 1 is 0.256 bits per heavy atom. The lowest BCUT2D eigenvalue weighted by molar-refractivity contribution is -0.167. The maximum Gasteiger partial charge on any atom is 0.306 e. The first kappa shape index (κ1) is 78.1. The van der Waals surface area contributed by atoms with Crippen molar-refractivity contribution in [3.05, 3.63) is 109 Å². The van der Waals surface area contributed by atoms with E-state index in [4.69, 9.17) is 14.2 Å². The topological polar surface area (TPSA) is 78.9 Å². The average Bonchev–Trinajstić information content (AvgIpc) is 3.47. The van der Waals surface area contributed by atoms with Crippen LogP contribution in [0.15, 0.2) is 109 Å². The maximum atomic E-state index is 13.0. The molecular weight excluding hydrogens is 1010 g/mol. The molecule has 0 amide bonds. The summed E-state index contributed by atoms with van der Waals surface area (Å²) in [5, 5.41) is 0. The number of hydrogen-bond donors (Lipinski definition) is 0. The molecule has 0 saturated heterocycles. The summed E-state index contributed by atoms with van der Waals surface area (Å²) in [5.74, 6) is -0.890. The molecule has 1 unspecified atom stereocenters. The van der Waals surface area contributed by atoms with Crippen LogP contribution in [0, 0.1) is 0 Å². The van der Waals surface area contributed by atoms with Gasteiger partial charge in [-0.1, -0.05) is 297 Å². The summed E-state index contributed by atoms with van der Waals surface area (Å²) in [5.41, 5.74) is 0. The quantitative estimate of drug-likeness (QED) is 0.0261. The fraction of sp³-hybridized carbons (Fsp3) is 0.724. The number of ether oxygens (including phenoxy) is 3. The Hall–Kier alpha value is -3.93. The van der Waals surface area contributed by atoms with Crippen LogP contribution in [0.25, 0.3) is 0 Å². The minimum atomic E-state index is -0.788. The molecule has 6 heteroatoms. The van der Waals surface area contributed by atoms with E-state index in [-0.39, 0.29) is 31.1 Å². The largest absolute Gasteiger partial charge is 0.462 e. The van der Waals surface area contributed by atoms with Gasteiger partial charge in [0, 0.05) is 19.3 Å². The van der Waals surface area contributed by atoms with Crippen LogP contribution in [-0.2, 0) is 28.6 Å². The average molecular weight is 1140 g/mol. The zero-order valence-electron chi connectivity index (χ0n) is 54.0. The molecule has 0 aromatic heterocycles. The van der Waals surface area contributed by atoms with Gasteiger partial charge in [0.25, 0.3) is 0 Å². The molecule has 0 spiro atoms. The molecule has 0 heterocycles. The van der Waals surface area contributed by atoms with Gasteiger partial charge in [0.05, 0.1) is 0 Å². The number of rotatable bonds is 63. The summed E-state index contributed by atoms with van der Waals surface area (Å²) in [6, 6.07) is 0. The van der Waals surface area contributed by atoms with E-state index in [1.807, 2.05) is 0 Å². The van der Waals surface area contributed by atoms with Gasteiger partial charge in [0.15, 0.2) is 6.10 Å². The second-order valence-corrected chi connectivity index (χ2v) is 23.1. The predicted molar refractivity (Wildman–Crippen MR) is 357 cm³/mol. The lowest BCUT2D eigenvalue weighted by atomic mass is 10.0. The van der Waals surface area contributed by atoms with Crippen molar-refractivity contribution in [2.24, 2.45) is 0 Å². The van der Waals surface area contributed by atoms with Crippen molar-refractivity contribution in [2.75, 3.05) is 13.2 Å². The molecule has 0 aliphatic rings. The first-order valence-electron chi connectivity index (χ1n) is 34.9. The first-order chi connectivity index (χ1) is 40.5. The Morgan fingerprint density at radius 3 is 0.780 bits per heavy atom. The normalized spacial score (nSPS) is 12.8. The number of hydrogen-bond acceptors (Lipinski definition) is 6. The van der Waals surface area contributed by atoms with Gasteiger partial charge < -0.3 is 14.2 Å². The summed E-state index contributed by atoms with van der Waals surface area (Å²) in [4.78, 5) is 38.4. The van der Waals surface area contributed by atoms with E-state index >= 15 is 0 Å². The zero-order chi connectivity index (χ0) is 59.2. The summed E-state index contributed by atoms with van der Waals surface area (Å²) in [6.45, 7) is 6.51. The highest BCUT2D eigenvalue weighted by Crippen LogP contribution is 2.17. The Balaban J connectivity index is 4.30. The van der Waals surface area contributed by atoms with Crippen LogP contribution in [-0.4, -0.2) is 37.2 Å². The molecular formula is C76H130O6. The highest BCUT2D eigenvalue weighted by molar-refractivity contribution is 5.71. The molecule has 0 aromatic carbocycles. The van der Waals surface area contributed by atoms with Crippen LogP contribution in [0.3, 0.4) is 0 Å². The fourth-order valence-electron chi connectivity index (χ4n) is 9.77. The van der Waals surface area contributed by atoms with Crippen molar-refractivity contribution in [3.63, 3.8) is 0 Å². The summed E-state index contributed by atoms with van der Waals surface area (Å²) in [7, 11) is 0. The van der Waals surface area contributed by atoms with Crippen LogP contribution in [0.4, 0.5) is 0 Å². The van der Waals surface area contributed by atoms with Crippen molar-refractivity contribution in [2.45, 2.75) is 341 Å². The molecule has 0 saturated carbocycles. The summed E-state index contributed by atoms with van der Waals surface area (Å²) < 4.78 is 17.0. The van der Waals surface area contributed by atoms with E-state index in [2.05, 4.69) is 130 Å². The molecule has 0 N–H and O–H groups in total. The van der Waals surface area contributed by atoms with Gasteiger partial charge >= 0.3 is 17.9 Å². The number of esters is 3. The van der Waals surface area contributed by atoms with E-state index in [9.17, 15) is 14.4 Å². The third kappa shape index (κ3) is 66.9. The van der Waals surface area contributed by atoms with E-state index in [1.165, 1.54) is 180 Å². The molecule has 1 atom stereocenters. The Kier molecular flexibility index (Phi) is 66.2. The Morgan fingerprint density at radius 2 is 0.476 bits per heavy atom. The van der Waals surface area contributed by atoms with E-state index in [0.29, 0.717) is 19.3 Å². The second-order valence-electron chi connectivity index (χ2n) is 23.1. The smallest absolute Gasteiger partial charge is 0.306 e. The van der Waals surface area contributed by atoms with Crippen molar-refractivity contribution < 1.29 is 28.6 Å². The first-order valence-corrected chi connectivity index (χ1v) is 34.9. The van der Waals surface area contributed by atoms with E-state index in [1.54, 1.807) is 0 Å². The SMILES string of the molecule is CC/C=C\C/C=C\C/C=C\C/C=C\C/C=C\C/C=C\CCCCCCCCCCC(=O)OCC(COC(=O)CCCCCCC/C=C\CCCCC)OC(=O)CCCCCCCCCCCCCCC/C=C\C/C=C\CCCCCCC. The fourth-order valence-corrected chi connectivity index (χ4v) is 9.77. The van der Waals surface area contributed by atoms with Gasteiger partial charge in [-0.05, 0) is 128 Å². The molecule has 0 rings (SSSR count). The van der Waals surface area contributed by atoms with Gasteiger partial charge in [-0.2, -0.15) is 0 Å². The molecule has 0 fully saturated rings. The molecule has 0 aliphatic heterocycles. The highest BCUT2D eigenvalue weighted by atomic mass is 16.6. The molecule has 470 valence electrons. The third-order valence-corrected chi connectivity index (χ3v) is 15.0. The second kappa shape index (κ2) is 69.6. The van der Waals surface area contributed by atoms with Crippen LogP contribution in [0.1, 0.15) is 335 Å². The minimum Gasteiger partial charge on any atom is -0.462 e. The van der Waals surface area contributed by atoms with Crippen LogP contribution in [0.5, 0.6) is 0 Å². The number of allylic oxidation sites excluding steroid dienone is 18. The van der Waals surface area contributed by atoms with Gasteiger partial charge in [0.2, 0.25) is 0 Å². The van der Waals surface area contributed by atoms with Crippen molar-refractivity contribution in [1.29, 1.82) is 0 Å². The molecule has 0 aromatic rings. The third-order valence-electron chi connectivity index (χ3n) is 15.0. The zero-order valence-corrected chi connectivity index (χ0v) is 54.0. The maximum absolute atomic E-state index is 13.0. The van der Waals surface area contributed by atoms with Gasteiger partial charge in [-0.3, -0.25) is 14.4 Å². The monoisotopic (exact) mass is 1140 g/mol. The molecule has 82 heavy (non-hydrogen) atoms. The van der Waals surface area contributed by atoms with E-state index in [0.717, 1.165) is 116 Å². The van der Waals surface area contributed by atoms with Crippen LogP contribution in [0.2, 0.25) is 0 Å². The molecule has 6 nitrogen and oxygen atoms in total. The minimum absolute atomic E-state index is 0.0842. The predicted octanol–water partition coefficient (Wildman–Crippen LogP) is 24.2. The van der Waals surface area contributed by atoms with Gasteiger partial charge in [0.1, 0.15) is 13.2 Å². The molecule has 0 aliphatic carbocycles. The van der Waals surface area contributed by atoms with E-state index < -0.39 is 6.10 Å². The highest BCUT2D eigenvalue weighted by Gasteiger charge is 2.19. The van der Waals surface area contributed by atoms with Crippen molar-refractivity contribution in [1.82, 2.24) is 0 Å². The Bertz CT molecular complexity index is 1640. The molecule has 0 bridgehead atoms. The standard InChI is InChI=1S/C76H130O6/c1-4-7-10-13-16-19-22-25-27-29-31-33-35-37-38-40-41-43-45-47-49-51-54-57-60-63-66-69-75(78)81-72-73(71-80-74(77)68-65-62-59-56-53-24-21-18-15-12-9-6-3)82-76(79)70-67-64-61-58-55-52-50-48-46-44-42-39-36-34-32-30-28-26-23-20-17-14-11-8-5-2/h7,10,16,18-19,21,23,25-27,30-33,37-38,41,43,73H,4-6,8-9,11-15,17,20,22,24,28-29,34-36,39-40,42,44-72H2,1-3H3/b10-7-,19-16-,21-18-,26-23-,27-25-,32-30-,33-31-,38-37-,43-41-. The summed E-state index contributed by atoms with van der Waals surface area (Å²) in [6.07, 6.45) is 95.4. The number of carbonyl (C=O) groups is 3. The molecule has 0 radical (unpaired) electrons. The number of unbranched alkanes of at least 4 members (excludes halogenated alkanes) is 34. The lowest BCUT2D eigenvalue weighted by Gasteiger charge is -2.18. The van der Waals surface area contributed by atoms with Crippen molar-refractivity contribution in [3.8, 4) is 0 Å². The van der Waals surface area contributed by atoms with Crippen molar-refractivity contribution >= 4 is 17.9 Å². The van der Waals surface area contributed by atoms with Gasteiger partial charge in [-0.25, -0.2) is 0 Å². The summed E-state index contributed by atoms with van der Waals surface area (Å²) >= 11 is 0. The number of carbonyl (C=O) groups excluding carboxylic acids is 3. The lowest BCUT2D eigenvalue weighted by Crippen LogP contribution is -2.30. The van der Waals surface area contributed by atoms with Gasteiger partial charge in [-0.15, -0.1) is 0 Å². The van der Waals surface area contributed by atoms with Crippen LogP contribution < -0.4 is 0 Å².